The normalized spacial score (nSPS) is 17.1. The van der Waals surface area contributed by atoms with Crippen LogP contribution in [0.2, 0.25) is 5.02 Å². The van der Waals surface area contributed by atoms with Gasteiger partial charge in [-0.3, -0.25) is 4.79 Å². The van der Waals surface area contributed by atoms with Crippen molar-refractivity contribution in [2.45, 2.75) is 24.8 Å². The van der Waals surface area contributed by atoms with E-state index in [1.807, 2.05) is 0 Å². The van der Waals surface area contributed by atoms with E-state index in [4.69, 9.17) is 17.3 Å². The number of nitrogen functional groups attached to an aromatic ring is 1. The van der Waals surface area contributed by atoms with Crippen molar-refractivity contribution in [3.8, 4) is 0 Å². The van der Waals surface area contributed by atoms with Crippen LogP contribution in [0.15, 0.2) is 18.2 Å². The van der Waals surface area contributed by atoms with E-state index in [0.717, 1.165) is 12.8 Å². The Morgan fingerprint density at radius 2 is 2.16 bits per heavy atom. The Hall–Kier alpha value is -1.26. The van der Waals surface area contributed by atoms with Crippen molar-refractivity contribution in [1.29, 1.82) is 0 Å². The number of likely N-dealkylation sites (N-methyl/N-ethyl adjacent to an activating group) is 1. The quantitative estimate of drug-likeness (QED) is 0.832. The number of halogens is 1. The van der Waals surface area contributed by atoms with Gasteiger partial charge in [-0.15, -0.1) is 0 Å². The summed E-state index contributed by atoms with van der Waals surface area (Å²) in [6.07, 6.45) is 3.45. The van der Waals surface area contributed by atoms with Gasteiger partial charge in [-0.2, -0.15) is 0 Å². The van der Waals surface area contributed by atoms with E-state index in [1.54, 1.807) is 18.2 Å². The van der Waals surface area contributed by atoms with Crippen molar-refractivity contribution in [1.82, 2.24) is 10.2 Å². The molecule has 1 amide bonds. The van der Waals surface area contributed by atoms with Gasteiger partial charge < -0.3 is 16.0 Å². The van der Waals surface area contributed by atoms with E-state index in [9.17, 15) is 4.79 Å². The van der Waals surface area contributed by atoms with Gasteiger partial charge in [0.2, 0.25) is 0 Å². The topological polar surface area (TPSA) is 58.4 Å². The smallest absolute Gasteiger partial charge is 0.253 e. The third kappa shape index (κ3) is 2.85. The Labute approximate surface area is 118 Å². The van der Waals surface area contributed by atoms with Gasteiger partial charge in [0.25, 0.3) is 5.91 Å². The Kier molecular flexibility index (Phi) is 4.02. The largest absolute Gasteiger partial charge is 0.398 e. The zero-order valence-corrected chi connectivity index (χ0v) is 12.1. The van der Waals surface area contributed by atoms with Crippen LogP contribution >= 0.6 is 11.6 Å². The molecule has 104 valence electrons. The zero-order valence-electron chi connectivity index (χ0n) is 11.4. The van der Waals surface area contributed by atoms with Crippen LogP contribution in [0.5, 0.6) is 0 Å². The fourth-order valence-electron chi connectivity index (χ4n) is 2.43. The fourth-order valence-corrected chi connectivity index (χ4v) is 2.60. The minimum absolute atomic E-state index is 0.100. The summed E-state index contributed by atoms with van der Waals surface area (Å²) >= 11 is 5.90. The van der Waals surface area contributed by atoms with Crippen LogP contribution in [-0.2, 0) is 0 Å². The van der Waals surface area contributed by atoms with Gasteiger partial charge in [0.1, 0.15) is 0 Å². The Morgan fingerprint density at radius 1 is 1.47 bits per heavy atom. The highest BCUT2D eigenvalue weighted by Gasteiger charge is 2.39. The predicted molar refractivity (Wildman–Crippen MR) is 78.5 cm³/mol. The molecular weight excluding hydrogens is 262 g/mol. The second-order valence-electron chi connectivity index (χ2n) is 5.39. The molecule has 0 radical (unpaired) electrons. The lowest BCUT2D eigenvalue weighted by Crippen LogP contribution is -2.57. The highest BCUT2D eigenvalue weighted by atomic mass is 35.5. The summed E-state index contributed by atoms with van der Waals surface area (Å²) in [6.45, 7) is 0.644. The molecule has 0 aromatic heterocycles. The maximum Gasteiger partial charge on any atom is 0.253 e. The fraction of sp³-hybridized carbons (Fsp3) is 0.500. The Morgan fingerprint density at radius 3 is 2.68 bits per heavy atom. The van der Waals surface area contributed by atoms with Crippen LogP contribution in [0.3, 0.4) is 0 Å². The summed E-state index contributed by atoms with van der Waals surface area (Å²) in [5.41, 5.74) is 6.80. The van der Waals surface area contributed by atoms with Crippen molar-refractivity contribution in [2.24, 2.45) is 0 Å². The first-order valence-electron chi connectivity index (χ1n) is 6.45. The van der Waals surface area contributed by atoms with Crippen molar-refractivity contribution < 1.29 is 4.79 Å². The SMILES string of the molecule is CN(C)C1(CNC(=O)c2cc(Cl)ccc2N)CCC1. The van der Waals surface area contributed by atoms with E-state index in [2.05, 4.69) is 24.3 Å². The first kappa shape index (κ1) is 14.2. The standard InChI is InChI=1S/C14H20ClN3O/c1-18(2)14(6-3-7-14)9-17-13(19)11-8-10(15)4-5-12(11)16/h4-5,8H,3,6-7,9,16H2,1-2H3,(H,17,19). The third-order valence-corrected chi connectivity index (χ3v) is 4.31. The molecule has 19 heavy (non-hydrogen) atoms. The number of nitrogens with two attached hydrogens (primary N) is 1. The Balaban J connectivity index is 2.03. The van der Waals surface area contributed by atoms with Crippen LogP contribution in [0, 0.1) is 0 Å². The van der Waals surface area contributed by atoms with E-state index in [0.29, 0.717) is 22.8 Å². The number of nitrogens with zero attached hydrogens (tertiary/aromatic N) is 1. The highest BCUT2D eigenvalue weighted by molar-refractivity contribution is 6.31. The monoisotopic (exact) mass is 281 g/mol. The van der Waals surface area contributed by atoms with Gasteiger partial charge in [0.15, 0.2) is 0 Å². The molecule has 0 heterocycles. The number of hydrogen-bond donors (Lipinski definition) is 2. The molecule has 0 spiro atoms. The van der Waals surface area contributed by atoms with Crippen LogP contribution in [0.1, 0.15) is 29.6 Å². The molecule has 3 N–H and O–H groups in total. The maximum absolute atomic E-state index is 12.2. The first-order chi connectivity index (χ1) is 8.94. The number of anilines is 1. The average molecular weight is 282 g/mol. The lowest BCUT2D eigenvalue weighted by Gasteiger charge is -2.47. The van der Waals surface area contributed by atoms with E-state index >= 15 is 0 Å². The molecule has 0 bridgehead atoms. The summed E-state index contributed by atoms with van der Waals surface area (Å²) in [6, 6.07) is 4.94. The van der Waals surface area contributed by atoms with E-state index < -0.39 is 0 Å². The second kappa shape index (κ2) is 5.39. The average Bonchev–Trinajstić information content (AvgIpc) is 2.30. The minimum atomic E-state index is -0.159. The third-order valence-electron chi connectivity index (χ3n) is 4.07. The molecule has 0 unspecified atom stereocenters. The molecule has 1 aromatic rings. The molecule has 0 atom stereocenters. The summed E-state index contributed by atoms with van der Waals surface area (Å²) in [4.78, 5) is 14.4. The molecular formula is C14H20ClN3O. The molecule has 1 fully saturated rings. The number of carbonyl (C=O) groups is 1. The van der Waals surface area contributed by atoms with Gasteiger partial charge in [-0.1, -0.05) is 11.6 Å². The highest BCUT2D eigenvalue weighted by Crippen LogP contribution is 2.35. The van der Waals surface area contributed by atoms with Crippen LogP contribution in [0.4, 0.5) is 5.69 Å². The number of benzene rings is 1. The molecule has 1 aliphatic rings. The van der Waals surface area contributed by atoms with Crippen LogP contribution in [-0.4, -0.2) is 37.0 Å². The van der Waals surface area contributed by atoms with E-state index in [-0.39, 0.29) is 11.4 Å². The molecule has 4 nitrogen and oxygen atoms in total. The molecule has 1 aliphatic carbocycles. The second-order valence-corrected chi connectivity index (χ2v) is 5.82. The maximum atomic E-state index is 12.2. The summed E-state index contributed by atoms with van der Waals surface area (Å²) in [5.74, 6) is -0.159. The van der Waals surface area contributed by atoms with Crippen molar-refractivity contribution >= 4 is 23.2 Å². The molecule has 1 saturated carbocycles. The van der Waals surface area contributed by atoms with Gasteiger partial charge in [-0.25, -0.2) is 0 Å². The molecule has 0 aliphatic heterocycles. The number of rotatable bonds is 4. The molecule has 2 rings (SSSR count). The molecule has 0 saturated heterocycles. The van der Waals surface area contributed by atoms with Crippen LogP contribution in [0.25, 0.3) is 0 Å². The number of carbonyl (C=O) groups excluding carboxylic acids is 1. The number of amides is 1. The minimum Gasteiger partial charge on any atom is -0.398 e. The summed E-state index contributed by atoms with van der Waals surface area (Å²) in [5, 5.41) is 3.49. The lowest BCUT2D eigenvalue weighted by atomic mass is 9.75. The van der Waals surface area contributed by atoms with Gasteiger partial charge in [0, 0.05) is 22.8 Å². The van der Waals surface area contributed by atoms with Gasteiger partial charge >= 0.3 is 0 Å². The van der Waals surface area contributed by atoms with Gasteiger partial charge in [0.05, 0.1) is 5.56 Å². The summed E-state index contributed by atoms with van der Waals surface area (Å²) in [7, 11) is 4.11. The van der Waals surface area contributed by atoms with Crippen molar-refractivity contribution in [3.63, 3.8) is 0 Å². The Bertz CT molecular complexity index is 484. The summed E-state index contributed by atoms with van der Waals surface area (Å²) < 4.78 is 0. The molecule has 1 aromatic carbocycles. The van der Waals surface area contributed by atoms with E-state index in [1.165, 1.54) is 6.42 Å². The van der Waals surface area contributed by atoms with Crippen molar-refractivity contribution in [2.75, 3.05) is 26.4 Å². The number of hydrogen-bond acceptors (Lipinski definition) is 3. The number of nitrogens with one attached hydrogen (secondary N) is 1. The van der Waals surface area contributed by atoms with Gasteiger partial charge in [-0.05, 0) is 51.6 Å². The zero-order chi connectivity index (χ0) is 14.0. The predicted octanol–water partition coefficient (Wildman–Crippen LogP) is 2.14. The van der Waals surface area contributed by atoms with Crippen molar-refractivity contribution in [3.05, 3.63) is 28.8 Å². The lowest BCUT2D eigenvalue weighted by molar-refractivity contribution is 0.0558. The first-order valence-corrected chi connectivity index (χ1v) is 6.83. The molecule has 5 heteroatoms. The van der Waals surface area contributed by atoms with Crippen LogP contribution < -0.4 is 11.1 Å².